The van der Waals surface area contributed by atoms with Crippen LogP contribution in [-0.2, 0) is 21.3 Å². The number of nitrogens with one attached hydrogen (secondary N) is 1. The molecule has 0 amide bonds. The summed E-state index contributed by atoms with van der Waals surface area (Å²) in [5.41, 5.74) is 1.11. The van der Waals surface area contributed by atoms with Crippen LogP contribution in [0.15, 0.2) is 17.4 Å². The Morgan fingerprint density at radius 2 is 2.18 bits per heavy atom. The fourth-order valence-corrected chi connectivity index (χ4v) is 3.52. The van der Waals surface area contributed by atoms with Crippen molar-refractivity contribution < 1.29 is 14.2 Å². The largest absolute Gasteiger partial charge is 0.381 e. The van der Waals surface area contributed by atoms with Gasteiger partial charge in [-0.1, -0.05) is 0 Å². The maximum atomic E-state index is 5.91. The van der Waals surface area contributed by atoms with E-state index in [0.717, 1.165) is 76.8 Å². The molecule has 8 nitrogen and oxygen atoms in total. The van der Waals surface area contributed by atoms with Gasteiger partial charge in [-0.2, -0.15) is 5.10 Å². The van der Waals surface area contributed by atoms with E-state index in [9.17, 15) is 0 Å². The fraction of sp³-hybridized carbons (Fsp3) is 0.789. The van der Waals surface area contributed by atoms with Gasteiger partial charge in [-0.05, 0) is 25.2 Å². The van der Waals surface area contributed by atoms with Crippen molar-refractivity contribution in [1.29, 1.82) is 0 Å². The van der Waals surface area contributed by atoms with Gasteiger partial charge >= 0.3 is 0 Å². The Morgan fingerprint density at radius 1 is 1.36 bits per heavy atom. The van der Waals surface area contributed by atoms with Crippen LogP contribution in [0.2, 0.25) is 0 Å². The number of morpholine rings is 1. The Morgan fingerprint density at radius 3 is 2.89 bits per heavy atom. The molecule has 0 spiro atoms. The molecule has 1 N–H and O–H groups in total. The number of guanidine groups is 1. The Bertz CT molecular complexity index is 592. The Labute approximate surface area is 185 Å². The normalized spacial score (nSPS) is 21.4. The summed E-state index contributed by atoms with van der Waals surface area (Å²) in [7, 11) is 3.76. The minimum atomic E-state index is 0. The van der Waals surface area contributed by atoms with Gasteiger partial charge in [-0.25, -0.2) is 0 Å². The van der Waals surface area contributed by atoms with Gasteiger partial charge in [-0.15, -0.1) is 24.0 Å². The number of nitrogens with zero attached hydrogens (tertiary/aromatic N) is 4. The van der Waals surface area contributed by atoms with Crippen LogP contribution in [0.25, 0.3) is 0 Å². The number of halogens is 1. The average molecular weight is 507 g/mol. The smallest absolute Gasteiger partial charge is 0.193 e. The highest BCUT2D eigenvalue weighted by atomic mass is 127. The molecule has 3 heterocycles. The van der Waals surface area contributed by atoms with Gasteiger partial charge < -0.3 is 24.4 Å². The summed E-state index contributed by atoms with van der Waals surface area (Å²) in [6.45, 7) is 6.57. The zero-order valence-electron chi connectivity index (χ0n) is 17.0. The summed E-state index contributed by atoms with van der Waals surface area (Å²) < 4.78 is 18.9. The van der Waals surface area contributed by atoms with Gasteiger partial charge in [0.25, 0.3) is 0 Å². The van der Waals surface area contributed by atoms with E-state index in [1.54, 1.807) is 0 Å². The molecule has 2 saturated heterocycles. The lowest BCUT2D eigenvalue weighted by molar-refractivity contribution is -0.00810. The number of aromatic nitrogens is 2. The van der Waals surface area contributed by atoms with Crippen LogP contribution in [0.3, 0.4) is 0 Å². The highest BCUT2D eigenvalue weighted by Crippen LogP contribution is 2.21. The zero-order valence-corrected chi connectivity index (χ0v) is 19.3. The van der Waals surface area contributed by atoms with Crippen molar-refractivity contribution in [2.45, 2.75) is 25.4 Å². The van der Waals surface area contributed by atoms with Crippen LogP contribution in [0.4, 0.5) is 0 Å². The zero-order chi connectivity index (χ0) is 18.9. The van der Waals surface area contributed by atoms with E-state index in [4.69, 9.17) is 14.2 Å². The lowest BCUT2D eigenvalue weighted by Gasteiger charge is -2.34. The number of hydrogen-bond acceptors (Lipinski definition) is 5. The molecule has 1 aromatic rings. The van der Waals surface area contributed by atoms with Crippen molar-refractivity contribution >= 4 is 29.9 Å². The van der Waals surface area contributed by atoms with Crippen molar-refractivity contribution in [2.75, 3.05) is 59.7 Å². The molecule has 0 saturated carbocycles. The molecular weight excluding hydrogens is 473 g/mol. The topological polar surface area (TPSA) is 73.1 Å². The summed E-state index contributed by atoms with van der Waals surface area (Å²) in [6, 6.07) is 0. The second kappa shape index (κ2) is 12.6. The predicted octanol–water partition coefficient (Wildman–Crippen LogP) is 1.82. The highest BCUT2D eigenvalue weighted by Gasteiger charge is 2.25. The summed E-state index contributed by atoms with van der Waals surface area (Å²) in [6.07, 6.45) is 7.15. The summed E-state index contributed by atoms with van der Waals surface area (Å²) in [4.78, 5) is 6.69. The van der Waals surface area contributed by atoms with E-state index in [2.05, 4.69) is 20.3 Å². The molecule has 1 unspecified atom stereocenters. The molecular formula is C19H34IN5O3. The van der Waals surface area contributed by atoms with Crippen molar-refractivity contribution in [3.63, 3.8) is 0 Å². The fourth-order valence-electron chi connectivity index (χ4n) is 3.52. The molecule has 0 aliphatic carbocycles. The quantitative estimate of drug-likeness (QED) is 0.263. The maximum absolute atomic E-state index is 5.91. The molecule has 0 bridgehead atoms. The third-order valence-corrected chi connectivity index (χ3v) is 5.12. The van der Waals surface area contributed by atoms with Crippen LogP contribution < -0.4 is 5.32 Å². The molecule has 160 valence electrons. The SMILES string of the molecule is CN=C(NCCCOCC1CCOCC1)N1CCOC(c2cnn(C)c2)C1.I. The Kier molecular flexibility index (Phi) is 10.5. The van der Waals surface area contributed by atoms with Gasteiger partial charge in [-0.3, -0.25) is 9.67 Å². The van der Waals surface area contributed by atoms with Crippen LogP contribution >= 0.6 is 24.0 Å². The monoisotopic (exact) mass is 507 g/mol. The molecule has 28 heavy (non-hydrogen) atoms. The molecule has 2 aliphatic rings. The number of ether oxygens (including phenoxy) is 3. The van der Waals surface area contributed by atoms with E-state index in [-0.39, 0.29) is 30.1 Å². The first-order chi connectivity index (χ1) is 13.3. The van der Waals surface area contributed by atoms with E-state index in [1.165, 1.54) is 0 Å². The molecule has 9 heteroatoms. The van der Waals surface area contributed by atoms with Gasteiger partial charge in [0.1, 0.15) is 6.10 Å². The molecule has 2 fully saturated rings. The first kappa shape index (κ1) is 23.4. The number of hydrogen-bond donors (Lipinski definition) is 1. The van der Waals surface area contributed by atoms with E-state index in [1.807, 2.05) is 31.2 Å². The predicted molar refractivity (Wildman–Crippen MR) is 119 cm³/mol. The molecule has 2 aliphatic heterocycles. The van der Waals surface area contributed by atoms with Gasteiger partial charge in [0, 0.05) is 65.4 Å². The average Bonchev–Trinajstić information content (AvgIpc) is 3.15. The molecule has 1 aromatic heterocycles. The third-order valence-electron chi connectivity index (χ3n) is 5.12. The second-order valence-corrected chi connectivity index (χ2v) is 7.21. The first-order valence-electron chi connectivity index (χ1n) is 9.97. The van der Waals surface area contributed by atoms with Crippen molar-refractivity contribution in [2.24, 2.45) is 18.0 Å². The van der Waals surface area contributed by atoms with Crippen molar-refractivity contribution in [1.82, 2.24) is 20.0 Å². The van der Waals surface area contributed by atoms with Crippen LogP contribution in [0.5, 0.6) is 0 Å². The molecule has 0 radical (unpaired) electrons. The lowest BCUT2D eigenvalue weighted by Crippen LogP contribution is -2.48. The number of aryl methyl sites for hydroxylation is 1. The van der Waals surface area contributed by atoms with Crippen LogP contribution in [0, 0.1) is 5.92 Å². The summed E-state index contributed by atoms with van der Waals surface area (Å²) in [5.74, 6) is 1.59. The highest BCUT2D eigenvalue weighted by molar-refractivity contribution is 14.0. The lowest BCUT2D eigenvalue weighted by atomic mass is 10.0. The Hall–Kier alpha value is -0.910. The minimum absolute atomic E-state index is 0. The molecule has 1 atom stereocenters. The second-order valence-electron chi connectivity index (χ2n) is 7.21. The van der Waals surface area contributed by atoms with Crippen LogP contribution in [-0.4, -0.2) is 80.4 Å². The summed E-state index contributed by atoms with van der Waals surface area (Å²) in [5, 5.41) is 7.70. The van der Waals surface area contributed by atoms with E-state index >= 15 is 0 Å². The third kappa shape index (κ3) is 7.16. The summed E-state index contributed by atoms with van der Waals surface area (Å²) >= 11 is 0. The van der Waals surface area contributed by atoms with Gasteiger partial charge in [0.05, 0.1) is 19.3 Å². The minimum Gasteiger partial charge on any atom is -0.381 e. The van der Waals surface area contributed by atoms with E-state index in [0.29, 0.717) is 12.5 Å². The van der Waals surface area contributed by atoms with Gasteiger partial charge in [0.15, 0.2) is 5.96 Å². The van der Waals surface area contributed by atoms with Crippen molar-refractivity contribution in [3.05, 3.63) is 18.0 Å². The maximum Gasteiger partial charge on any atom is 0.193 e. The first-order valence-corrected chi connectivity index (χ1v) is 9.97. The molecule has 3 rings (SSSR count). The van der Waals surface area contributed by atoms with Gasteiger partial charge in [0.2, 0.25) is 0 Å². The van der Waals surface area contributed by atoms with E-state index < -0.39 is 0 Å². The molecule has 0 aromatic carbocycles. The number of aliphatic imine (C=N–C) groups is 1. The Balaban J connectivity index is 0.00000280. The van der Waals surface area contributed by atoms with Crippen LogP contribution in [0.1, 0.15) is 30.9 Å². The number of rotatable bonds is 7. The van der Waals surface area contributed by atoms with Crippen molar-refractivity contribution in [3.8, 4) is 0 Å². The standard InChI is InChI=1S/C19H33N5O3.HI/c1-20-19(21-6-3-8-26-15-16-4-9-25-10-5-16)24-7-11-27-18(14-24)17-12-22-23(2)13-17;/h12-13,16,18H,3-11,14-15H2,1-2H3,(H,20,21);1H.